The molecule has 1 rings (SSSR count). The molecule has 0 spiro atoms. The van der Waals surface area contributed by atoms with Gasteiger partial charge in [0.25, 0.3) is 0 Å². The molecule has 1 aromatic rings. The number of benzene rings is 1. The van der Waals surface area contributed by atoms with Gasteiger partial charge in [-0.1, -0.05) is 37.3 Å². The average Bonchev–Trinajstić information content (AvgIpc) is 2.27. The van der Waals surface area contributed by atoms with Crippen molar-refractivity contribution in [1.82, 2.24) is 4.90 Å². The number of hydrogen-bond donors (Lipinski definition) is 2. The van der Waals surface area contributed by atoms with Crippen LogP contribution >= 0.6 is 0 Å². The summed E-state index contributed by atoms with van der Waals surface area (Å²) in [6.07, 6.45) is 0. The van der Waals surface area contributed by atoms with Crippen LogP contribution in [0.3, 0.4) is 0 Å². The van der Waals surface area contributed by atoms with Crippen molar-refractivity contribution >= 4 is 0 Å². The third-order valence-corrected chi connectivity index (χ3v) is 2.98. The van der Waals surface area contributed by atoms with Gasteiger partial charge in [0.05, 0.1) is 11.2 Å². The van der Waals surface area contributed by atoms with Crippen molar-refractivity contribution in [1.29, 1.82) is 0 Å². The fourth-order valence-corrected chi connectivity index (χ4v) is 2.15. The molecule has 0 aliphatic heterocycles. The van der Waals surface area contributed by atoms with E-state index in [1.54, 1.807) is 13.8 Å². The zero-order valence-corrected chi connectivity index (χ0v) is 11.8. The van der Waals surface area contributed by atoms with Crippen LogP contribution in [0.2, 0.25) is 0 Å². The molecular formula is C15H25NO2. The molecule has 2 N–H and O–H groups in total. The molecule has 0 aromatic heterocycles. The molecule has 0 saturated carbocycles. The zero-order chi connectivity index (χ0) is 13.8. The Hall–Kier alpha value is -0.900. The highest BCUT2D eigenvalue weighted by Crippen LogP contribution is 2.22. The molecule has 0 radical (unpaired) electrons. The Morgan fingerprint density at radius 1 is 1.00 bits per heavy atom. The molecule has 1 aromatic carbocycles. The number of aliphatic hydroxyl groups is 2. The molecule has 0 aliphatic rings. The summed E-state index contributed by atoms with van der Waals surface area (Å²) < 4.78 is 0. The van der Waals surface area contributed by atoms with Crippen LogP contribution in [0.15, 0.2) is 30.3 Å². The van der Waals surface area contributed by atoms with E-state index >= 15 is 0 Å². The van der Waals surface area contributed by atoms with E-state index in [1.807, 2.05) is 44.2 Å². The first-order valence-corrected chi connectivity index (χ1v) is 6.47. The van der Waals surface area contributed by atoms with E-state index in [1.165, 1.54) is 0 Å². The summed E-state index contributed by atoms with van der Waals surface area (Å²) in [5.41, 5.74) is -0.745. The van der Waals surface area contributed by atoms with E-state index in [4.69, 9.17) is 0 Å². The molecule has 0 amide bonds. The molecule has 1 unspecified atom stereocenters. The highest BCUT2D eigenvalue weighted by Gasteiger charge is 2.27. The van der Waals surface area contributed by atoms with Crippen LogP contribution in [-0.4, -0.2) is 40.3 Å². The molecule has 3 nitrogen and oxygen atoms in total. The highest BCUT2D eigenvalue weighted by atomic mass is 16.3. The van der Waals surface area contributed by atoms with E-state index in [0.717, 1.165) is 12.1 Å². The minimum Gasteiger partial charge on any atom is -0.389 e. The Labute approximate surface area is 110 Å². The predicted octanol–water partition coefficient (Wildman–Crippen LogP) is 1.99. The zero-order valence-electron chi connectivity index (χ0n) is 11.8. The van der Waals surface area contributed by atoms with Crippen molar-refractivity contribution in [2.45, 2.75) is 38.9 Å². The minimum absolute atomic E-state index is 0.511. The molecule has 0 fully saturated rings. The van der Waals surface area contributed by atoms with Crippen molar-refractivity contribution in [2.24, 2.45) is 0 Å². The average molecular weight is 251 g/mol. The van der Waals surface area contributed by atoms with Gasteiger partial charge in [0.1, 0.15) is 0 Å². The second kappa shape index (κ2) is 5.83. The third kappa shape index (κ3) is 4.77. The molecule has 0 saturated heterocycles. The third-order valence-electron chi connectivity index (χ3n) is 2.98. The van der Waals surface area contributed by atoms with Gasteiger partial charge in [0.15, 0.2) is 0 Å². The summed E-state index contributed by atoms with van der Waals surface area (Å²) in [5, 5.41) is 20.4. The van der Waals surface area contributed by atoms with Crippen LogP contribution in [0.25, 0.3) is 0 Å². The van der Waals surface area contributed by atoms with Crippen molar-refractivity contribution < 1.29 is 10.2 Å². The summed E-state index contributed by atoms with van der Waals surface area (Å²) in [6, 6.07) is 9.65. The number of hydrogen-bond acceptors (Lipinski definition) is 3. The largest absolute Gasteiger partial charge is 0.389 e. The number of rotatable bonds is 6. The Bertz CT molecular complexity index is 355. The van der Waals surface area contributed by atoms with Crippen LogP contribution < -0.4 is 0 Å². The predicted molar refractivity (Wildman–Crippen MR) is 74.4 cm³/mol. The van der Waals surface area contributed by atoms with Gasteiger partial charge in [0.2, 0.25) is 0 Å². The quantitative estimate of drug-likeness (QED) is 0.812. The Morgan fingerprint density at radius 3 is 2.00 bits per heavy atom. The molecule has 1 atom stereocenters. The van der Waals surface area contributed by atoms with Gasteiger partial charge in [-0.15, -0.1) is 0 Å². The molecule has 0 heterocycles. The second-order valence-corrected chi connectivity index (χ2v) is 5.76. The van der Waals surface area contributed by atoms with Gasteiger partial charge in [0, 0.05) is 13.1 Å². The summed E-state index contributed by atoms with van der Waals surface area (Å²) in [4.78, 5) is 2.06. The van der Waals surface area contributed by atoms with Crippen LogP contribution in [0.5, 0.6) is 0 Å². The van der Waals surface area contributed by atoms with E-state index in [0.29, 0.717) is 13.1 Å². The topological polar surface area (TPSA) is 43.7 Å². The normalized spacial score (nSPS) is 15.7. The molecule has 0 aliphatic carbocycles. The lowest BCUT2D eigenvalue weighted by atomic mass is 9.95. The summed E-state index contributed by atoms with van der Waals surface area (Å²) in [6.45, 7) is 9.28. The number of nitrogens with zero attached hydrogens (tertiary/aromatic N) is 1. The van der Waals surface area contributed by atoms with Crippen LogP contribution in [-0.2, 0) is 5.60 Å². The lowest BCUT2D eigenvalue weighted by Crippen LogP contribution is -2.45. The summed E-state index contributed by atoms with van der Waals surface area (Å²) in [7, 11) is 0. The highest BCUT2D eigenvalue weighted by molar-refractivity contribution is 5.21. The standard InChI is InChI=1S/C15H25NO2/c1-5-16(11-14(2,3)17)12-15(4,18)13-9-7-6-8-10-13/h6-10,17-18H,5,11-12H2,1-4H3. The molecule has 3 heteroatoms. The fraction of sp³-hybridized carbons (Fsp3) is 0.600. The Morgan fingerprint density at radius 2 is 1.56 bits per heavy atom. The van der Waals surface area contributed by atoms with Crippen LogP contribution in [0.1, 0.15) is 33.3 Å². The maximum absolute atomic E-state index is 10.6. The first-order chi connectivity index (χ1) is 8.24. The first kappa shape index (κ1) is 15.2. The Kier molecular flexibility index (Phi) is 4.91. The van der Waals surface area contributed by atoms with Gasteiger partial charge in [-0.3, -0.25) is 4.90 Å². The second-order valence-electron chi connectivity index (χ2n) is 5.76. The molecule has 102 valence electrons. The van der Waals surface area contributed by atoms with E-state index in [-0.39, 0.29) is 0 Å². The van der Waals surface area contributed by atoms with Gasteiger partial charge < -0.3 is 10.2 Å². The SMILES string of the molecule is CCN(CC(C)(C)O)CC(C)(O)c1ccccc1. The lowest BCUT2D eigenvalue weighted by Gasteiger charge is -2.34. The van der Waals surface area contributed by atoms with Crippen molar-refractivity contribution in [3.63, 3.8) is 0 Å². The van der Waals surface area contributed by atoms with Crippen molar-refractivity contribution in [3.8, 4) is 0 Å². The van der Waals surface area contributed by atoms with Gasteiger partial charge in [-0.25, -0.2) is 0 Å². The summed E-state index contributed by atoms with van der Waals surface area (Å²) in [5.74, 6) is 0. The van der Waals surface area contributed by atoms with Gasteiger partial charge in [-0.05, 0) is 32.9 Å². The fourth-order valence-electron chi connectivity index (χ4n) is 2.15. The van der Waals surface area contributed by atoms with Crippen molar-refractivity contribution in [3.05, 3.63) is 35.9 Å². The van der Waals surface area contributed by atoms with Gasteiger partial charge in [-0.2, -0.15) is 0 Å². The van der Waals surface area contributed by atoms with Crippen molar-refractivity contribution in [2.75, 3.05) is 19.6 Å². The van der Waals surface area contributed by atoms with E-state index in [2.05, 4.69) is 4.90 Å². The Balaban J connectivity index is 2.75. The van der Waals surface area contributed by atoms with E-state index < -0.39 is 11.2 Å². The van der Waals surface area contributed by atoms with E-state index in [9.17, 15) is 10.2 Å². The lowest BCUT2D eigenvalue weighted by molar-refractivity contribution is -0.0170. The first-order valence-electron chi connectivity index (χ1n) is 6.47. The molecule has 18 heavy (non-hydrogen) atoms. The maximum atomic E-state index is 10.6. The number of likely N-dealkylation sites (N-methyl/N-ethyl adjacent to an activating group) is 1. The van der Waals surface area contributed by atoms with Crippen LogP contribution in [0, 0.1) is 0 Å². The maximum Gasteiger partial charge on any atom is 0.0994 e. The summed E-state index contributed by atoms with van der Waals surface area (Å²) >= 11 is 0. The van der Waals surface area contributed by atoms with Crippen LogP contribution in [0.4, 0.5) is 0 Å². The molecular weight excluding hydrogens is 226 g/mol. The smallest absolute Gasteiger partial charge is 0.0994 e. The minimum atomic E-state index is -0.900. The molecule has 0 bridgehead atoms. The van der Waals surface area contributed by atoms with Gasteiger partial charge >= 0.3 is 0 Å². The monoisotopic (exact) mass is 251 g/mol.